The molecule has 0 fully saturated rings. The minimum absolute atomic E-state index is 0.231. The molecule has 1 aromatic rings. The molecule has 0 aromatic heterocycles. The van der Waals surface area contributed by atoms with E-state index in [9.17, 15) is 12.3 Å². The van der Waals surface area contributed by atoms with Crippen LogP contribution in [0.5, 0.6) is 0 Å². The Morgan fingerprint density at radius 2 is 1.85 bits per heavy atom. The number of hydrogen-bond acceptors (Lipinski definition) is 3. The van der Waals surface area contributed by atoms with Crippen LogP contribution in [-0.4, -0.2) is 8.42 Å². The van der Waals surface area contributed by atoms with Gasteiger partial charge in [0.05, 0.1) is 4.90 Å². The van der Waals surface area contributed by atoms with Gasteiger partial charge in [-0.1, -0.05) is 17.2 Å². The summed E-state index contributed by atoms with van der Waals surface area (Å²) in [5.41, 5.74) is 8.25. The summed E-state index contributed by atoms with van der Waals surface area (Å²) in [6.45, 7) is 0. The van der Waals surface area contributed by atoms with Gasteiger partial charge in [0.15, 0.2) is 0 Å². The van der Waals surface area contributed by atoms with Gasteiger partial charge in [0, 0.05) is 10.6 Å². The van der Waals surface area contributed by atoms with Gasteiger partial charge < -0.3 is 0 Å². The third-order valence-electron chi connectivity index (χ3n) is 1.28. The van der Waals surface area contributed by atoms with Crippen LogP contribution in [0.25, 0.3) is 10.4 Å². The summed E-state index contributed by atoms with van der Waals surface area (Å²) in [6, 6.07) is 4.48. The summed E-state index contributed by atoms with van der Waals surface area (Å²) in [7, 11) is -4.67. The molecule has 0 saturated heterocycles. The molecule has 0 aliphatic heterocycles. The number of azide groups is 1. The smallest absolute Gasteiger partial charge is 0.189 e. The highest BCUT2D eigenvalue weighted by atomic mass is 32.3. The Balaban J connectivity index is 3.15. The lowest BCUT2D eigenvalue weighted by atomic mass is 10.3. The van der Waals surface area contributed by atoms with Crippen molar-refractivity contribution in [3.63, 3.8) is 0 Å². The van der Waals surface area contributed by atoms with Crippen LogP contribution in [0, 0.1) is 0 Å². The van der Waals surface area contributed by atoms with E-state index in [-0.39, 0.29) is 5.69 Å². The van der Waals surface area contributed by atoms with E-state index in [4.69, 9.17) is 5.53 Å². The molecule has 7 heteroatoms. The SMILES string of the molecule is [N-]=[N+]=Nc1ccc(S(=O)(=O)F)cc1. The maximum absolute atomic E-state index is 12.3. The normalized spacial score (nSPS) is 10.5. The Hall–Kier alpha value is -1.59. The summed E-state index contributed by atoms with van der Waals surface area (Å²) in [5.74, 6) is 0. The molecule has 5 nitrogen and oxygen atoms in total. The lowest BCUT2D eigenvalue weighted by Gasteiger charge is -1.93. The largest absolute Gasteiger partial charge is 0.332 e. The van der Waals surface area contributed by atoms with Gasteiger partial charge in [-0.25, -0.2) is 0 Å². The Bertz CT molecular complexity index is 447. The molecule has 0 aliphatic rings. The summed E-state index contributed by atoms with van der Waals surface area (Å²) < 4.78 is 33.0. The fraction of sp³-hybridized carbons (Fsp3) is 0. The third kappa shape index (κ3) is 2.43. The van der Waals surface area contributed by atoms with Gasteiger partial charge in [-0.3, -0.25) is 0 Å². The van der Waals surface area contributed by atoms with Gasteiger partial charge in [-0.15, -0.1) is 3.89 Å². The van der Waals surface area contributed by atoms with Gasteiger partial charge in [0.1, 0.15) is 0 Å². The first-order chi connectivity index (χ1) is 6.04. The molecule has 0 saturated carbocycles. The highest BCUT2D eigenvalue weighted by molar-refractivity contribution is 7.86. The van der Waals surface area contributed by atoms with E-state index in [0.717, 1.165) is 12.1 Å². The van der Waals surface area contributed by atoms with E-state index in [0.29, 0.717) is 0 Å². The molecule has 0 N–H and O–H groups in total. The van der Waals surface area contributed by atoms with Crippen molar-refractivity contribution in [2.45, 2.75) is 4.90 Å². The van der Waals surface area contributed by atoms with Crippen molar-refractivity contribution in [3.05, 3.63) is 34.7 Å². The van der Waals surface area contributed by atoms with Gasteiger partial charge in [-0.05, 0) is 17.7 Å². The zero-order chi connectivity index (χ0) is 9.90. The molecule has 13 heavy (non-hydrogen) atoms. The van der Waals surface area contributed by atoms with Crippen LogP contribution in [0.3, 0.4) is 0 Å². The van der Waals surface area contributed by atoms with Gasteiger partial charge in [0.2, 0.25) is 0 Å². The summed E-state index contributed by atoms with van der Waals surface area (Å²) in [4.78, 5) is 2.03. The zero-order valence-electron chi connectivity index (χ0n) is 6.25. The molecule has 0 atom stereocenters. The first-order valence-corrected chi connectivity index (χ1v) is 4.52. The Morgan fingerprint density at radius 1 is 1.31 bits per heavy atom. The molecule has 1 rings (SSSR count). The summed E-state index contributed by atoms with van der Waals surface area (Å²) in [5, 5.41) is 3.19. The fourth-order valence-electron chi connectivity index (χ4n) is 0.727. The number of hydrogen-bond donors (Lipinski definition) is 0. The van der Waals surface area contributed by atoms with Crippen molar-refractivity contribution < 1.29 is 12.3 Å². The second-order valence-corrected chi connectivity index (χ2v) is 3.47. The first kappa shape index (κ1) is 9.50. The van der Waals surface area contributed by atoms with Gasteiger partial charge >= 0.3 is 10.2 Å². The fourth-order valence-corrected chi connectivity index (χ4v) is 1.19. The first-order valence-electron chi connectivity index (χ1n) is 3.14. The van der Waals surface area contributed by atoms with Crippen LogP contribution in [0.2, 0.25) is 0 Å². The van der Waals surface area contributed by atoms with Crippen molar-refractivity contribution in [1.82, 2.24) is 0 Å². The van der Waals surface area contributed by atoms with Crippen molar-refractivity contribution in [2.24, 2.45) is 5.11 Å². The van der Waals surface area contributed by atoms with E-state index < -0.39 is 15.1 Å². The van der Waals surface area contributed by atoms with Crippen LogP contribution in [0.15, 0.2) is 34.3 Å². The molecular formula is C6H4FN3O2S. The van der Waals surface area contributed by atoms with E-state index >= 15 is 0 Å². The van der Waals surface area contributed by atoms with Crippen molar-refractivity contribution >= 4 is 15.9 Å². The maximum Gasteiger partial charge on any atom is 0.332 e. The molecule has 0 radical (unpaired) electrons. The van der Waals surface area contributed by atoms with Crippen LogP contribution in [0.4, 0.5) is 9.57 Å². The third-order valence-corrected chi connectivity index (χ3v) is 2.11. The van der Waals surface area contributed by atoms with Crippen LogP contribution in [0.1, 0.15) is 0 Å². The van der Waals surface area contributed by atoms with E-state index in [1.807, 2.05) is 0 Å². The molecule has 0 spiro atoms. The summed E-state index contributed by atoms with van der Waals surface area (Å²) in [6.07, 6.45) is 0. The van der Waals surface area contributed by atoms with E-state index in [2.05, 4.69) is 10.0 Å². The maximum atomic E-state index is 12.3. The quantitative estimate of drug-likeness (QED) is 0.318. The Kier molecular flexibility index (Phi) is 2.50. The molecule has 0 bridgehead atoms. The lowest BCUT2D eigenvalue weighted by Crippen LogP contribution is -1.89. The Morgan fingerprint density at radius 3 is 2.23 bits per heavy atom. The highest BCUT2D eigenvalue weighted by Crippen LogP contribution is 2.17. The van der Waals surface area contributed by atoms with Crippen LogP contribution < -0.4 is 0 Å². The Labute approximate surface area is 73.7 Å². The van der Waals surface area contributed by atoms with Crippen LogP contribution >= 0.6 is 0 Å². The predicted molar refractivity (Wildman–Crippen MR) is 43.5 cm³/mol. The summed E-state index contributed by atoms with van der Waals surface area (Å²) >= 11 is 0. The lowest BCUT2D eigenvalue weighted by molar-refractivity contribution is 0.552. The zero-order valence-corrected chi connectivity index (χ0v) is 7.07. The van der Waals surface area contributed by atoms with E-state index in [1.54, 1.807) is 0 Å². The average Bonchev–Trinajstić information content (AvgIpc) is 2.04. The minimum atomic E-state index is -4.67. The van der Waals surface area contributed by atoms with Crippen molar-refractivity contribution in [3.8, 4) is 0 Å². The molecule has 0 amide bonds. The van der Waals surface area contributed by atoms with Crippen molar-refractivity contribution in [1.29, 1.82) is 0 Å². The second-order valence-electron chi connectivity index (χ2n) is 2.12. The van der Waals surface area contributed by atoms with Crippen molar-refractivity contribution in [2.75, 3.05) is 0 Å². The number of halogens is 1. The highest BCUT2D eigenvalue weighted by Gasteiger charge is 2.10. The molecular weight excluding hydrogens is 197 g/mol. The average molecular weight is 201 g/mol. The topological polar surface area (TPSA) is 82.9 Å². The van der Waals surface area contributed by atoms with Gasteiger partial charge in [0.25, 0.3) is 0 Å². The minimum Gasteiger partial charge on any atom is -0.189 e. The monoisotopic (exact) mass is 201 g/mol. The van der Waals surface area contributed by atoms with Gasteiger partial charge in [-0.2, -0.15) is 8.42 Å². The predicted octanol–water partition coefficient (Wildman–Crippen LogP) is 2.29. The van der Waals surface area contributed by atoms with Crippen LogP contribution in [-0.2, 0) is 10.2 Å². The molecule has 1 aromatic carbocycles. The number of nitrogens with zero attached hydrogens (tertiary/aromatic N) is 3. The molecule has 0 aliphatic carbocycles. The number of rotatable bonds is 2. The standard InChI is InChI=1S/C6H4FN3O2S/c7-13(11,12)6-3-1-5(2-4-6)9-10-8/h1-4H. The van der Waals surface area contributed by atoms with E-state index in [1.165, 1.54) is 12.1 Å². The molecule has 0 unspecified atom stereocenters. The molecule has 68 valence electrons. The number of benzene rings is 1. The molecule has 0 heterocycles. The second kappa shape index (κ2) is 3.42.